The molecule has 1 aliphatic carbocycles. The summed E-state index contributed by atoms with van der Waals surface area (Å²) >= 11 is 0. The molecule has 2 aromatic carbocycles. The first kappa shape index (κ1) is 19.7. The Morgan fingerprint density at radius 1 is 0.812 bits per heavy atom. The fourth-order valence-electron chi connectivity index (χ4n) is 5.62. The van der Waals surface area contributed by atoms with Crippen LogP contribution in [0.15, 0.2) is 48.5 Å². The maximum atomic E-state index is 4.39. The van der Waals surface area contributed by atoms with Crippen LogP contribution in [0.1, 0.15) is 36.2 Å². The number of fused-ring (bicyclic) bond motifs is 5. The van der Waals surface area contributed by atoms with Crippen LogP contribution in [-0.4, -0.2) is 49.3 Å². The largest absolute Gasteiger partial charge is 0.340 e. The summed E-state index contributed by atoms with van der Waals surface area (Å²) in [7, 11) is 0. The van der Waals surface area contributed by atoms with Crippen molar-refractivity contribution >= 4 is 10.9 Å². The minimum Gasteiger partial charge on any atom is -0.340 e. The number of aromatic nitrogens is 5. The van der Waals surface area contributed by atoms with Gasteiger partial charge in [-0.25, -0.2) is 4.68 Å². The van der Waals surface area contributed by atoms with E-state index in [1.165, 1.54) is 65.6 Å². The molecule has 4 aromatic rings. The Balaban J connectivity index is 1.33. The van der Waals surface area contributed by atoms with Crippen molar-refractivity contribution in [3.63, 3.8) is 0 Å². The average molecular weight is 427 g/mol. The summed E-state index contributed by atoms with van der Waals surface area (Å²) in [4.78, 5) is 2.52. The van der Waals surface area contributed by atoms with Gasteiger partial charge in [0.05, 0.1) is 12.2 Å². The predicted molar refractivity (Wildman–Crippen MR) is 127 cm³/mol. The number of benzene rings is 2. The second-order valence-electron chi connectivity index (χ2n) is 9.12. The van der Waals surface area contributed by atoms with Crippen LogP contribution < -0.4 is 0 Å². The van der Waals surface area contributed by atoms with E-state index in [0.717, 1.165) is 44.7 Å². The van der Waals surface area contributed by atoms with Crippen LogP contribution in [0.4, 0.5) is 0 Å². The Hall–Kier alpha value is -2.99. The molecule has 6 nitrogen and oxygen atoms in total. The van der Waals surface area contributed by atoms with Crippen LogP contribution in [0.3, 0.4) is 0 Å². The first-order valence-electron chi connectivity index (χ1n) is 12.0. The minimum absolute atomic E-state index is 0.834. The molecule has 0 unspecified atom stereocenters. The van der Waals surface area contributed by atoms with Crippen molar-refractivity contribution in [3.8, 4) is 11.3 Å². The maximum absolute atomic E-state index is 4.39. The van der Waals surface area contributed by atoms with Crippen LogP contribution in [0.25, 0.3) is 22.2 Å². The van der Waals surface area contributed by atoms with E-state index >= 15 is 0 Å². The fraction of sp³-hybridized carbons (Fsp3) is 0.423. The highest BCUT2D eigenvalue weighted by Crippen LogP contribution is 2.39. The van der Waals surface area contributed by atoms with E-state index in [-0.39, 0.29) is 0 Å². The molecule has 32 heavy (non-hydrogen) atoms. The van der Waals surface area contributed by atoms with Gasteiger partial charge in [0, 0.05) is 36.0 Å². The molecule has 0 radical (unpaired) electrons. The van der Waals surface area contributed by atoms with Crippen molar-refractivity contribution in [2.75, 3.05) is 19.6 Å². The van der Waals surface area contributed by atoms with E-state index in [1.54, 1.807) is 0 Å². The topological polar surface area (TPSA) is 51.8 Å². The molecule has 1 fully saturated rings. The summed E-state index contributed by atoms with van der Waals surface area (Å²) in [5.41, 5.74) is 7.08. The lowest BCUT2D eigenvalue weighted by molar-refractivity contribution is 0.311. The van der Waals surface area contributed by atoms with E-state index in [1.807, 2.05) is 4.68 Å². The van der Waals surface area contributed by atoms with Gasteiger partial charge in [-0.3, -0.25) is 0 Å². The Labute approximate surface area is 188 Å². The third-order valence-corrected chi connectivity index (χ3v) is 7.21. The number of aryl methyl sites for hydroxylation is 4. The minimum atomic E-state index is 0.834. The molecule has 164 valence electrons. The summed E-state index contributed by atoms with van der Waals surface area (Å²) in [6, 6.07) is 17.8. The molecular weight excluding hydrogens is 396 g/mol. The number of hydrogen-bond donors (Lipinski definition) is 0. The Bertz CT molecular complexity index is 1230. The summed E-state index contributed by atoms with van der Waals surface area (Å²) in [6.07, 6.45) is 6.94. The smallest absolute Gasteiger partial charge is 0.153 e. The SMILES string of the molecule is c1ccc2c(c1)CCCc1c-2n(CCc2nnnn2CCN2CCCC2)c2ccccc12. The highest BCUT2D eigenvalue weighted by Gasteiger charge is 2.23. The zero-order valence-electron chi connectivity index (χ0n) is 18.6. The summed E-state index contributed by atoms with van der Waals surface area (Å²) in [6.45, 7) is 5.20. The van der Waals surface area contributed by atoms with Crippen molar-refractivity contribution in [1.29, 1.82) is 0 Å². The lowest BCUT2D eigenvalue weighted by Gasteiger charge is -2.15. The second-order valence-corrected chi connectivity index (χ2v) is 9.12. The molecular formula is C26H30N6. The van der Waals surface area contributed by atoms with Crippen LogP contribution in [-0.2, 0) is 32.4 Å². The standard InChI is InChI=1S/C26H30N6/c1-2-10-21-20(8-1)9-7-12-23-22-11-3-4-13-24(22)31(26(21)23)17-14-25-27-28-29-32(25)19-18-30-15-5-6-16-30/h1-4,8,10-11,13H,5-7,9,12,14-19H2. The van der Waals surface area contributed by atoms with Crippen LogP contribution in [0, 0.1) is 0 Å². The van der Waals surface area contributed by atoms with Crippen molar-refractivity contribution < 1.29 is 0 Å². The molecule has 0 bridgehead atoms. The number of rotatable bonds is 6. The van der Waals surface area contributed by atoms with Gasteiger partial charge < -0.3 is 9.47 Å². The first-order chi connectivity index (χ1) is 15.9. The van der Waals surface area contributed by atoms with Gasteiger partial charge >= 0.3 is 0 Å². The molecule has 1 saturated heterocycles. The molecule has 0 saturated carbocycles. The van der Waals surface area contributed by atoms with Crippen LogP contribution in [0.5, 0.6) is 0 Å². The molecule has 0 N–H and O–H groups in total. The number of tetrazole rings is 1. The van der Waals surface area contributed by atoms with Crippen molar-refractivity contribution in [2.24, 2.45) is 0 Å². The fourth-order valence-corrected chi connectivity index (χ4v) is 5.62. The highest BCUT2D eigenvalue weighted by atomic mass is 15.5. The molecule has 0 atom stereocenters. The average Bonchev–Trinajstić information content (AvgIpc) is 3.54. The van der Waals surface area contributed by atoms with Gasteiger partial charge in [-0.1, -0.05) is 42.5 Å². The van der Waals surface area contributed by atoms with Gasteiger partial charge in [0.25, 0.3) is 0 Å². The van der Waals surface area contributed by atoms with Gasteiger partial charge in [-0.05, 0) is 72.8 Å². The van der Waals surface area contributed by atoms with Gasteiger partial charge in [-0.2, -0.15) is 0 Å². The molecule has 0 spiro atoms. The van der Waals surface area contributed by atoms with Crippen LogP contribution >= 0.6 is 0 Å². The number of nitrogens with zero attached hydrogens (tertiary/aromatic N) is 6. The summed E-state index contributed by atoms with van der Waals surface area (Å²) in [5.74, 6) is 0.984. The normalized spacial score (nSPS) is 16.2. The molecule has 0 amide bonds. The molecule has 6 heteroatoms. The quantitative estimate of drug-likeness (QED) is 0.465. The van der Waals surface area contributed by atoms with Crippen molar-refractivity contribution in [1.82, 2.24) is 29.7 Å². The number of para-hydroxylation sites is 1. The van der Waals surface area contributed by atoms with Crippen molar-refractivity contribution in [2.45, 2.75) is 51.6 Å². The molecule has 6 rings (SSSR count). The Morgan fingerprint density at radius 2 is 1.66 bits per heavy atom. The predicted octanol–water partition coefficient (Wildman–Crippen LogP) is 4.12. The van der Waals surface area contributed by atoms with E-state index in [2.05, 4.69) is 73.5 Å². The monoisotopic (exact) mass is 426 g/mol. The van der Waals surface area contributed by atoms with Crippen LogP contribution in [0.2, 0.25) is 0 Å². The van der Waals surface area contributed by atoms with E-state index in [0.29, 0.717) is 0 Å². The molecule has 2 aliphatic rings. The third kappa shape index (κ3) is 3.52. The maximum Gasteiger partial charge on any atom is 0.153 e. The van der Waals surface area contributed by atoms with Crippen molar-refractivity contribution in [3.05, 3.63) is 65.5 Å². The van der Waals surface area contributed by atoms with Gasteiger partial charge in [0.1, 0.15) is 0 Å². The number of hydrogen-bond acceptors (Lipinski definition) is 4. The lowest BCUT2D eigenvalue weighted by atomic mass is 10.0. The number of likely N-dealkylation sites (tertiary alicyclic amines) is 1. The molecule has 2 aromatic heterocycles. The van der Waals surface area contributed by atoms with E-state index < -0.39 is 0 Å². The first-order valence-corrected chi connectivity index (χ1v) is 12.0. The zero-order valence-corrected chi connectivity index (χ0v) is 18.6. The summed E-state index contributed by atoms with van der Waals surface area (Å²) < 4.78 is 4.53. The van der Waals surface area contributed by atoms with Gasteiger partial charge in [0.2, 0.25) is 0 Å². The zero-order chi connectivity index (χ0) is 21.3. The lowest BCUT2D eigenvalue weighted by Crippen LogP contribution is -2.25. The molecule has 3 heterocycles. The van der Waals surface area contributed by atoms with E-state index in [4.69, 9.17) is 0 Å². The third-order valence-electron chi connectivity index (χ3n) is 7.21. The molecule has 1 aliphatic heterocycles. The second kappa shape index (κ2) is 8.51. The highest BCUT2D eigenvalue weighted by molar-refractivity contribution is 5.92. The summed E-state index contributed by atoms with van der Waals surface area (Å²) in [5, 5.41) is 14.1. The van der Waals surface area contributed by atoms with E-state index in [9.17, 15) is 0 Å². The van der Waals surface area contributed by atoms with Gasteiger partial charge in [0.15, 0.2) is 5.82 Å². The Morgan fingerprint density at radius 3 is 2.59 bits per heavy atom. The van der Waals surface area contributed by atoms with Gasteiger partial charge in [-0.15, -0.1) is 5.10 Å². The Kier molecular flexibility index (Phi) is 5.23.